The van der Waals surface area contributed by atoms with Crippen LogP contribution < -0.4 is 14.8 Å². The Labute approximate surface area is 175 Å². The number of nitrogens with zero attached hydrogens (tertiary/aromatic N) is 1. The Morgan fingerprint density at radius 1 is 1.10 bits per heavy atom. The lowest BCUT2D eigenvalue weighted by molar-refractivity contribution is -0.120. The smallest absolute Gasteiger partial charge is 0.227 e. The zero-order valence-corrected chi connectivity index (χ0v) is 17.7. The summed E-state index contributed by atoms with van der Waals surface area (Å²) in [5, 5.41) is 2.86. The molecule has 0 bridgehead atoms. The highest BCUT2D eigenvalue weighted by molar-refractivity contribution is 7.88. The molecule has 1 N–H and O–H groups in total. The van der Waals surface area contributed by atoms with E-state index in [4.69, 9.17) is 9.47 Å². The van der Waals surface area contributed by atoms with Gasteiger partial charge in [-0.05, 0) is 42.7 Å². The fourth-order valence-corrected chi connectivity index (χ4v) is 4.98. The second-order valence-electron chi connectivity index (χ2n) is 7.11. The quantitative estimate of drug-likeness (QED) is 0.721. The van der Waals surface area contributed by atoms with Gasteiger partial charge in [-0.1, -0.05) is 12.1 Å². The Hall–Kier alpha value is -2.65. The van der Waals surface area contributed by atoms with Crippen molar-refractivity contribution in [2.75, 3.05) is 32.6 Å². The van der Waals surface area contributed by atoms with Gasteiger partial charge in [0.1, 0.15) is 17.3 Å². The van der Waals surface area contributed by atoms with E-state index < -0.39 is 15.8 Å². The number of benzene rings is 2. The van der Waals surface area contributed by atoms with Crippen LogP contribution >= 0.6 is 0 Å². The molecule has 3 rings (SSSR count). The third-order valence-corrected chi connectivity index (χ3v) is 7.00. The van der Waals surface area contributed by atoms with Crippen LogP contribution in [0.3, 0.4) is 0 Å². The van der Waals surface area contributed by atoms with Crippen LogP contribution in [0.15, 0.2) is 42.5 Å². The van der Waals surface area contributed by atoms with Crippen LogP contribution in [-0.4, -0.2) is 45.9 Å². The first-order valence-corrected chi connectivity index (χ1v) is 11.2. The first-order valence-electron chi connectivity index (χ1n) is 9.57. The van der Waals surface area contributed by atoms with Crippen molar-refractivity contribution >= 4 is 21.6 Å². The molecular weight excluding hydrogens is 411 g/mol. The summed E-state index contributed by atoms with van der Waals surface area (Å²) < 4.78 is 50.2. The lowest BCUT2D eigenvalue weighted by atomic mass is 9.97. The van der Waals surface area contributed by atoms with Crippen molar-refractivity contribution in [3.8, 4) is 11.5 Å². The van der Waals surface area contributed by atoms with Crippen LogP contribution in [0.4, 0.5) is 10.1 Å². The molecule has 2 aromatic rings. The number of piperidine rings is 1. The Balaban J connectivity index is 1.58. The van der Waals surface area contributed by atoms with Crippen LogP contribution in [0.5, 0.6) is 11.5 Å². The molecule has 0 radical (unpaired) electrons. The first kappa shape index (κ1) is 22.0. The maximum absolute atomic E-state index is 13.0. The number of carbonyl (C=O) groups is 1. The summed E-state index contributed by atoms with van der Waals surface area (Å²) in [5.74, 6) is 0.0406. The number of nitrogens with one attached hydrogen (secondary N) is 1. The van der Waals surface area contributed by atoms with Crippen molar-refractivity contribution in [2.45, 2.75) is 18.6 Å². The molecule has 0 unspecified atom stereocenters. The third-order valence-electron chi connectivity index (χ3n) is 5.15. The van der Waals surface area contributed by atoms with Crippen molar-refractivity contribution in [3.63, 3.8) is 0 Å². The average molecular weight is 437 g/mol. The van der Waals surface area contributed by atoms with Gasteiger partial charge >= 0.3 is 0 Å². The molecule has 162 valence electrons. The standard InChI is InChI=1S/C21H25FN2O5S/c1-28-18-7-8-19(20(13-18)29-2)23-21(25)16-9-11-24(12-10-16)30(26,27)14-15-3-5-17(22)6-4-15/h3-8,13,16H,9-12,14H2,1-2H3,(H,23,25). The normalized spacial score (nSPS) is 15.6. The minimum Gasteiger partial charge on any atom is -0.497 e. The van der Waals surface area contributed by atoms with Crippen molar-refractivity contribution < 1.29 is 27.1 Å². The van der Waals surface area contributed by atoms with Crippen molar-refractivity contribution in [1.29, 1.82) is 0 Å². The molecule has 0 saturated carbocycles. The zero-order chi connectivity index (χ0) is 21.7. The van der Waals surface area contributed by atoms with Crippen LogP contribution in [0.25, 0.3) is 0 Å². The second kappa shape index (κ2) is 9.44. The van der Waals surface area contributed by atoms with E-state index in [1.165, 1.54) is 35.7 Å². The maximum atomic E-state index is 13.0. The molecule has 7 nitrogen and oxygen atoms in total. The SMILES string of the molecule is COc1ccc(NC(=O)C2CCN(S(=O)(=O)Cc3ccc(F)cc3)CC2)c(OC)c1. The number of carbonyl (C=O) groups excluding carboxylic acids is 1. The predicted octanol–water partition coefficient (Wildman–Crippen LogP) is 3.02. The molecule has 0 spiro atoms. The van der Waals surface area contributed by atoms with E-state index in [0.29, 0.717) is 35.6 Å². The van der Waals surface area contributed by atoms with Crippen molar-refractivity contribution in [1.82, 2.24) is 4.31 Å². The molecule has 1 amide bonds. The van der Waals surface area contributed by atoms with Gasteiger partial charge in [-0.25, -0.2) is 17.1 Å². The molecule has 1 aliphatic heterocycles. The largest absolute Gasteiger partial charge is 0.497 e. The van der Waals surface area contributed by atoms with Gasteiger partial charge in [0.2, 0.25) is 15.9 Å². The lowest BCUT2D eigenvalue weighted by Gasteiger charge is -2.30. The van der Waals surface area contributed by atoms with Gasteiger partial charge in [0.05, 0.1) is 25.7 Å². The second-order valence-corrected chi connectivity index (χ2v) is 9.08. The molecule has 2 aromatic carbocycles. The van der Waals surface area contributed by atoms with Gasteiger partial charge < -0.3 is 14.8 Å². The number of hydrogen-bond donors (Lipinski definition) is 1. The summed E-state index contributed by atoms with van der Waals surface area (Å²) in [4.78, 5) is 12.7. The van der Waals surface area contributed by atoms with Gasteiger partial charge in [0, 0.05) is 25.1 Å². The Kier molecular flexibility index (Phi) is 6.94. The number of hydrogen-bond acceptors (Lipinski definition) is 5. The van der Waals surface area contributed by atoms with Crippen LogP contribution in [0.1, 0.15) is 18.4 Å². The van der Waals surface area contributed by atoms with Crippen LogP contribution in [0, 0.1) is 11.7 Å². The highest BCUT2D eigenvalue weighted by atomic mass is 32.2. The monoisotopic (exact) mass is 436 g/mol. The molecule has 1 aliphatic rings. The van der Waals surface area contributed by atoms with E-state index in [0.717, 1.165) is 0 Å². The summed E-state index contributed by atoms with van der Waals surface area (Å²) in [5.41, 5.74) is 1.07. The van der Waals surface area contributed by atoms with Crippen molar-refractivity contribution in [3.05, 3.63) is 53.8 Å². The van der Waals surface area contributed by atoms with E-state index in [-0.39, 0.29) is 30.7 Å². The molecular formula is C21H25FN2O5S. The number of rotatable bonds is 7. The fourth-order valence-electron chi connectivity index (χ4n) is 3.42. The summed E-state index contributed by atoms with van der Waals surface area (Å²) in [6.45, 7) is 0.530. The summed E-state index contributed by atoms with van der Waals surface area (Å²) >= 11 is 0. The van der Waals surface area contributed by atoms with E-state index in [1.54, 1.807) is 25.3 Å². The minimum atomic E-state index is -3.53. The van der Waals surface area contributed by atoms with Crippen LogP contribution in [0.2, 0.25) is 0 Å². The molecule has 0 aliphatic carbocycles. The number of amides is 1. The minimum absolute atomic E-state index is 0.172. The fraction of sp³-hybridized carbons (Fsp3) is 0.381. The molecule has 1 saturated heterocycles. The molecule has 0 aromatic heterocycles. The summed E-state index contributed by atoms with van der Waals surface area (Å²) in [6.07, 6.45) is 0.847. The molecule has 0 atom stereocenters. The average Bonchev–Trinajstić information content (AvgIpc) is 2.75. The first-order chi connectivity index (χ1) is 14.3. The van der Waals surface area contributed by atoms with Gasteiger partial charge in [-0.2, -0.15) is 0 Å². The Morgan fingerprint density at radius 3 is 2.37 bits per heavy atom. The Bertz CT molecular complexity index is 987. The predicted molar refractivity (Wildman–Crippen MR) is 111 cm³/mol. The molecule has 1 fully saturated rings. The number of anilines is 1. The summed E-state index contributed by atoms with van der Waals surface area (Å²) in [6, 6.07) is 10.5. The highest BCUT2D eigenvalue weighted by Crippen LogP contribution is 2.30. The van der Waals surface area contributed by atoms with Crippen molar-refractivity contribution in [2.24, 2.45) is 5.92 Å². The van der Waals surface area contributed by atoms with E-state index in [1.807, 2.05) is 0 Å². The number of sulfonamides is 1. The Morgan fingerprint density at radius 2 is 1.77 bits per heavy atom. The molecule has 9 heteroatoms. The maximum Gasteiger partial charge on any atom is 0.227 e. The van der Waals surface area contributed by atoms with Gasteiger partial charge in [0.25, 0.3) is 0 Å². The van der Waals surface area contributed by atoms with Gasteiger partial charge in [-0.15, -0.1) is 0 Å². The van der Waals surface area contributed by atoms with E-state index in [2.05, 4.69) is 5.32 Å². The molecule has 1 heterocycles. The molecule has 30 heavy (non-hydrogen) atoms. The van der Waals surface area contributed by atoms with Gasteiger partial charge in [0.15, 0.2) is 0 Å². The number of methoxy groups -OCH3 is 2. The highest BCUT2D eigenvalue weighted by Gasteiger charge is 2.31. The zero-order valence-electron chi connectivity index (χ0n) is 16.9. The van der Waals surface area contributed by atoms with Gasteiger partial charge in [-0.3, -0.25) is 4.79 Å². The number of halogens is 1. The summed E-state index contributed by atoms with van der Waals surface area (Å²) in [7, 11) is -0.475. The topological polar surface area (TPSA) is 84.9 Å². The van der Waals surface area contributed by atoms with Crippen LogP contribution in [-0.2, 0) is 20.6 Å². The third kappa shape index (κ3) is 5.28. The lowest BCUT2D eigenvalue weighted by Crippen LogP contribution is -2.41. The van der Waals surface area contributed by atoms with E-state index in [9.17, 15) is 17.6 Å². The number of ether oxygens (including phenoxy) is 2. The van der Waals surface area contributed by atoms with E-state index >= 15 is 0 Å².